The van der Waals surface area contributed by atoms with Gasteiger partial charge in [-0.25, -0.2) is 0 Å². The van der Waals surface area contributed by atoms with Gasteiger partial charge in [-0.3, -0.25) is 9.59 Å². The molecule has 0 aromatic rings. The van der Waals surface area contributed by atoms with Gasteiger partial charge in [0.15, 0.2) is 0 Å². The lowest BCUT2D eigenvalue weighted by Gasteiger charge is -2.11. The summed E-state index contributed by atoms with van der Waals surface area (Å²) >= 11 is 0. The van der Waals surface area contributed by atoms with Crippen molar-refractivity contribution in [2.24, 2.45) is 11.5 Å². The van der Waals surface area contributed by atoms with Crippen LogP contribution >= 0.6 is 0 Å². The molecule has 6 heteroatoms. The lowest BCUT2D eigenvalue weighted by molar-refractivity contribution is -0.115. The maximum atomic E-state index is 9.83. The van der Waals surface area contributed by atoms with E-state index in [1.807, 2.05) is 0 Å². The second kappa shape index (κ2) is 8.21. The first-order valence-electron chi connectivity index (χ1n) is 4.31. The predicted molar refractivity (Wildman–Crippen MR) is 53.3 cm³/mol. The van der Waals surface area contributed by atoms with Gasteiger partial charge in [0, 0.05) is 38.3 Å². The van der Waals surface area contributed by atoms with Gasteiger partial charge in [-0.15, -0.1) is 0 Å². The average molecular weight is 200 g/mol. The first-order valence-corrected chi connectivity index (χ1v) is 4.31. The van der Waals surface area contributed by atoms with Gasteiger partial charge in [0.05, 0.1) is 0 Å². The number of nitrogens with two attached hydrogens (primary N) is 2. The third-order valence-corrected chi connectivity index (χ3v) is 1.37. The Morgan fingerprint density at radius 1 is 0.857 bits per heavy atom. The Bertz CT molecular complexity index is 184. The average Bonchev–Trinajstić information content (AvgIpc) is 2.18. The summed E-state index contributed by atoms with van der Waals surface area (Å²) in [6, 6.07) is 0. The number of hydrogen-bond donors (Lipinski definition) is 4. The molecule has 0 aromatic heterocycles. The molecule has 0 saturated carbocycles. The molecule has 0 aliphatic carbocycles. The molecule has 1 aliphatic heterocycles. The van der Waals surface area contributed by atoms with Crippen molar-refractivity contribution in [1.29, 1.82) is 0 Å². The first-order chi connectivity index (χ1) is 6.63. The molecule has 1 rings (SSSR count). The third kappa shape index (κ3) is 10.6. The Hall–Kier alpha value is -1.40. The molecule has 1 aliphatic rings. The second-order valence-corrected chi connectivity index (χ2v) is 2.64. The smallest absolute Gasteiger partial charge is 0.241 e. The van der Waals surface area contributed by atoms with Crippen molar-refractivity contribution in [2.75, 3.05) is 26.2 Å². The van der Waals surface area contributed by atoms with Gasteiger partial charge in [-0.1, -0.05) is 0 Å². The largest absolute Gasteiger partial charge is 0.366 e. The van der Waals surface area contributed by atoms with Crippen LogP contribution in [0.5, 0.6) is 0 Å². The van der Waals surface area contributed by atoms with Crippen molar-refractivity contribution in [3.8, 4) is 0 Å². The summed E-state index contributed by atoms with van der Waals surface area (Å²) < 4.78 is 0. The summed E-state index contributed by atoms with van der Waals surface area (Å²) in [5.74, 6) is -1.35. The van der Waals surface area contributed by atoms with E-state index >= 15 is 0 Å². The monoisotopic (exact) mass is 200 g/mol. The zero-order chi connectivity index (χ0) is 10.8. The predicted octanol–water partition coefficient (Wildman–Crippen LogP) is -2.31. The summed E-state index contributed by atoms with van der Waals surface area (Å²) in [5.41, 5.74) is 9.21. The number of hydrogen-bond acceptors (Lipinski definition) is 4. The number of carbonyl (C=O) groups is 2. The van der Waals surface area contributed by atoms with Gasteiger partial charge < -0.3 is 22.1 Å². The fourth-order valence-corrected chi connectivity index (χ4v) is 0.768. The van der Waals surface area contributed by atoms with Crippen LogP contribution < -0.4 is 22.1 Å². The number of carbonyl (C=O) groups excluding carboxylic acids is 2. The maximum absolute atomic E-state index is 9.83. The number of primary amides is 2. The first kappa shape index (κ1) is 12.6. The summed E-state index contributed by atoms with van der Waals surface area (Å²) in [4.78, 5) is 19.7. The zero-order valence-electron chi connectivity index (χ0n) is 7.95. The molecule has 0 unspecified atom stereocenters. The molecule has 1 saturated heterocycles. The normalized spacial score (nSPS) is 15.7. The summed E-state index contributed by atoms with van der Waals surface area (Å²) in [5, 5.41) is 6.44. The van der Waals surface area contributed by atoms with E-state index in [-0.39, 0.29) is 0 Å². The van der Waals surface area contributed by atoms with Gasteiger partial charge in [0.2, 0.25) is 11.8 Å². The Morgan fingerprint density at radius 2 is 1.14 bits per heavy atom. The molecule has 0 spiro atoms. The standard InChI is InChI=1S/C4H6N2O2.C4H10N2/c5-3(7)1-2-4(6)8;1-2-6-4-3-5-1/h1-2H,(H2,5,7)(H2,6,8);5-6H,1-4H2/b2-1+;. The highest BCUT2D eigenvalue weighted by molar-refractivity contribution is 5.95. The number of amides is 2. The van der Waals surface area contributed by atoms with Crippen molar-refractivity contribution in [1.82, 2.24) is 10.6 Å². The van der Waals surface area contributed by atoms with Gasteiger partial charge in [-0.05, 0) is 0 Å². The zero-order valence-corrected chi connectivity index (χ0v) is 7.95. The lowest BCUT2D eigenvalue weighted by Crippen LogP contribution is -2.39. The number of piperazine rings is 1. The van der Waals surface area contributed by atoms with Crippen LogP contribution in [0.15, 0.2) is 12.2 Å². The van der Waals surface area contributed by atoms with Crippen LogP contribution in [0.4, 0.5) is 0 Å². The Balaban J connectivity index is 0.000000249. The highest BCUT2D eigenvalue weighted by Crippen LogP contribution is 1.66. The van der Waals surface area contributed by atoms with Crippen LogP contribution in [0.3, 0.4) is 0 Å². The van der Waals surface area contributed by atoms with Gasteiger partial charge >= 0.3 is 0 Å². The van der Waals surface area contributed by atoms with E-state index in [2.05, 4.69) is 22.1 Å². The minimum Gasteiger partial charge on any atom is -0.366 e. The number of nitrogens with one attached hydrogen (secondary N) is 2. The van der Waals surface area contributed by atoms with Crippen molar-refractivity contribution >= 4 is 11.8 Å². The maximum Gasteiger partial charge on any atom is 0.241 e. The fourth-order valence-electron chi connectivity index (χ4n) is 0.768. The van der Waals surface area contributed by atoms with E-state index in [0.29, 0.717) is 0 Å². The molecule has 6 nitrogen and oxygen atoms in total. The summed E-state index contributed by atoms with van der Waals surface area (Å²) in [7, 11) is 0. The van der Waals surface area contributed by atoms with Gasteiger partial charge in [0.1, 0.15) is 0 Å². The van der Waals surface area contributed by atoms with Gasteiger partial charge in [0.25, 0.3) is 0 Å². The molecule has 1 heterocycles. The molecule has 6 N–H and O–H groups in total. The molecule has 2 amide bonds. The van der Waals surface area contributed by atoms with Crippen molar-refractivity contribution in [3.63, 3.8) is 0 Å². The van der Waals surface area contributed by atoms with Crippen molar-refractivity contribution in [2.45, 2.75) is 0 Å². The molecule has 0 radical (unpaired) electrons. The SMILES string of the molecule is C1CNCCN1.NC(=O)/C=C/C(N)=O. The minimum atomic E-state index is -0.677. The molecule has 14 heavy (non-hydrogen) atoms. The van der Waals surface area contributed by atoms with E-state index in [0.717, 1.165) is 38.3 Å². The molecular formula is C8H16N4O2. The molecule has 80 valence electrons. The highest BCUT2D eigenvalue weighted by Gasteiger charge is 1.91. The topological polar surface area (TPSA) is 110 Å². The van der Waals surface area contributed by atoms with Crippen LogP contribution in [0.25, 0.3) is 0 Å². The van der Waals surface area contributed by atoms with E-state index in [9.17, 15) is 9.59 Å². The molecule has 0 atom stereocenters. The Morgan fingerprint density at radius 3 is 1.29 bits per heavy atom. The Kier molecular flexibility index (Phi) is 7.39. The quantitative estimate of drug-likeness (QED) is 0.375. The fraction of sp³-hybridized carbons (Fsp3) is 0.500. The van der Waals surface area contributed by atoms with Crippen LogP contribution in [-0.4, -0.2) is 38.0 Å². The van der Waals surface area contributed by atoms with Gasteiger partial charge in [-0.2, -0.15) is 0 Å². The lowest BCUT2D eigenvalue weighted by atomic mass is 10.4. The molecule has 1 fully saturated rings. The van der Waals surface area contributed by atoms with Crippen molar-refractivity contribution < 1.29 is 9.59 Å². The minimum absolute atomic E-state index is 0.677. The van der Waals surface area contributed by atoms with Crippen molar-refractivity contribution in [3.05, 3.63) is 12.2 Å². The molecular weight excluding hydrogens is 184 g/mol. The van der Waals surface area contributed by atoms with E-state index < -0.39 is 11.8 Å². The summed E-state index contributed by atoms with van der Waals surface area (Å²) in [6.45, 7) is 4.56. The highest BCUT2D eigenvalue weighted by atomic mass is 16.1. The number of rotatable bonds is 2. The van der Waals surface area contributed by atoms with Crippen LogP contribution in [0.1, 0.15) is 0 Å². The Labute approximate surface area is 82.7 Å². The van der Waals surface area contributed by atoms with Crippen LogP contribution in [0.2, 0.25) is 0 Å². The van der Waals surface area contributed by atoms with Crippen LogP contribution in [-0.2, 0) is 9.59 Å². The third-order valence-electron chi connectivity index (χ3n) is 1.37. The molecule has 0 bridgehead atoms. The van der Waals surface area contributed by atoms with E-state index in [1.165, 1.54) is 0 Å². The molecule has 0 aromatic carbocycles. The van der Waals surface area contributed by atoms with E-state index in [4.69, 9.17) is 0 Å². The van der Waals surface area contributed by atoms with E-state index in [1.54, 1.807) is 0 Å². The summed E-state index contributed by atoms with van der Waals surface area (Å²) in [6.07, 6.45) is 1.81. The van der Waals surface area contributed by atoms with Crippen LogP contribution in [0, 0.1) is 0 Å². The second-order valence-electron chi connectivity index (χ2n) is 2.64.